The number of nitrogens with zero attached hydrogens (tertiary/aromatic N) is 1. The summed E-state index contributed by atoms with van der Waals surface area (Å²) in [6.45, 7) is 5.98. The predicted molar refractivity (Wildman–Crippen MR) is 135 cm³/mol. The molecule has 6 nitrogen and oxygen atoms in total. The molecule has 1 amide bonds. The molecular weight excluding hydrogens is 450 g/mol. The molecule has 34 heavy (non-hydrogen) atoms. The van der Waals surface area contributed by atoms with Crippen LogP contribution in [0, 0.1) is 6.92 Å². The summed E-state index contributed by atoms with van der Waals surface area (Å²) in [5.74, 6) is 0.306. The van der Waals surface area contributed by atoms with Crippen LogP contribution >= 0.6 is 11.6 Å². The first-order valence-electron chi connectivity index (χ1n) is 10.9. The third-order valence-electron chi connectivity index (χ3n) is 5.60. The minimum absolute atomic E-state index is 0.136. The Morgan fingerprint density at radius 2 is 1.82 bits per heavy atom. The minimum atomic E-state index is -0.298. The summed E-state index contributed by atoms with van der Waals surface area (Å²) in [6.07, 6.45) is 2.46. The zero-order chi connectivity index (χ0) is 24.5. The zero-order valence-corrected chi connectivity index (χ0v) is 20.3. The van der Waals surface area contributed by atoms with Crippen molar-refractivity contribution in [2.45, 2.75) is 32.7 Å². The number of hydrogen-bond donors (Lipinski definition) is 2. The maximum absolute atomic E-state index is 13.1. The van der Waals surface area contributed by atoms with Crippen LogP contribution in [0.1, 0.15) is 51.4 Å². The lowest BCUT2D eigenvalue weighted by Crippen LogP contribution is -2.43. The second-order valence-corrected chi connectivity index (χ2v) is 9.37. The number of fused-ring (bicyclic) bond motifs is 1. The fraction of sp³-hybridized carbons (Fsp3) is 0.222. The van der Waals surface area contributed by atoms with Gasteiger partial charge in [-0.25, -0.2) is 4.98 Å². The number of amides is 1. The van der Waals surface area contributed by atoms with Gasteiger partial charge in [-0.05, 0) is 81.3 Å². The number of aryl methyl sites for hydroxylation is 1. The van der Waals surface area contributed by atoms with Crippen LogP contribution in [0.15, 0.2) is 60.7 Å². The number of ether oxygens (including phenoxy) is 1. The number of halogens is 1. The van der Waals surface area contributed by atoms with E-state index in [1.54, 1.807) is 50.4 Å². The summed E-state index contributed by atoms with van der Waals surface area (Å²) in [7, 11) is 1.63. The van der Waals surface area contributed by atoms with Crippen molar-refractivity contribution in [1.29, 1.82) is 0 Å². The number of carbonyl (C=O) groups is 2. The van der Waals surface area contributed by atoms with Gasteiger partial charge in [0.2, 0.25) is 0 Å². The van der Waals surface area contributed by atoms with Gasteiger partial charge in [-0.15, -0.1) is 0 Å². The van der Waals surface area contributed by atoms with Crippen molar-refractivity contribution >= 4 is 34.7 Å². The van der Waals surface area contributed by atoms with Gasteiger partial charge < -0.3 is 15.4 Å². The van der Waals surface area contributed by atoms with E-state index < -0.39 is 0 Å². The fourth-order valence-corrected chi connectivity index (χ4v) is 4.30. The molecule has 0 unspecified atom stereocenters. The normalized spacial score (nSPS) is 15.3. The maximum atomic E-state index is 13.1. The molecule has 1 aromatic heterocycles. The molecule has 0 saturated heterocycles. The molecule has 0 aliphatic carbocycles. The van der Waals surface area contributed by atoms with E-state index in [-0.39, 0.29) is 22.4 Å². The smallest absolute Gasteiger partial charge is 0.255 e. The first-order chi connectivity index (χ1) is 16.1. The molecule has 0 atom stereocenters. The lowest BCUT2D eigenvalue weighted by molar-refractivity contribution is 0.102. The minimum Gasteiger partial charge on any atom is -0.497 e. The van der Waals surface area contributed by atoms with Crippen LogP contribution in [0.2, 0.25) is 5.15 Å². The largest absolute Gasteiger partial charge is 0.497 e. The van der Waals surface area contributed by atoms with Crippen LogP contribution in [0.4, 0.5) is 5.69 Å². The Balaban J connectivity index is 1.54. The maximum Gasteiger partial charge on any atom is 0.255 e. The highest BCUT2D eigenvalue weighted by atomic mass is 35.5. The molecule has 1 aliphatic heterocycles. The van der Waals surface area contributed by atoms with Crippen molar-refractivity contribution in [3.05, 3.63) is 93.8 Å². The summed E-state index contributed by atoms with van der Waals surface area (Å²) in [4.78, 5) is 29.7. The van der Waals surface area contributed by atoms with E-state index in [0.29, 0.717) is 22.5 Å². The fourth-order valence-electron chi connectivity index (χ4n) is 4.05. The summed E-state index contributed by atoms with van der Waals surface area (Å²) >= 11 is 5.95. The van der Waals surface area contributed by atoms with Crippen molar-refractivity contribution in [2.75, 3.05) is 12.4 Å². The summed E-state index contributed by atoms with van der Waals surface area (Å²) in [5.41, 5.74) is 4.87. The zero-order valence-electron chi connectivity index (χ0n) is 19.5. The second-order valence-electron chi connectivity index (χ2n) is 8.98. The molecule has 0 radical (unpaired) electrons. The summed E-state index contributed by atoms with van der Waals surface area (Å²) < 4.78 is 5.37. The average Bonchev–Trinajstić information content (AvgIpc) is 2.78. The van der Waals surface area contributed by atoms with Gasteiger partial charge in [0, 0.05) is 45.4 Å². The van der Waals surface area contributed by atoms with Gasteiger partial charge >= 0.3 is 0 Å². The molecule has 1 aliphatic rings. The van der Waals surface area contributed by atoms with Gasteiger partial charge in [0.05, 0.1) is 7.11 Å². The highest BCUT2D eigenvalue weighted by Gasteiger charge is 2.28. The molecular formula is C27H26ClN3O3. The molecule has 3 aromatic rings. The number of rotatable bonds is 5. The molecule has 0 saturated carbocycles. The van der Waals surface area contributed by atoms with Gasteiger partial charge in [-0.2, -0.15) is 0 Å². The van der Waals surface area contributed by atoms with Crippen LogP contribution in [0.3, 0.4) is 0 Å². The Labute approximate surface area is 204 Å². The van der Waals surface area contributed by atoms with Crippen LogP contribution in [0.5, 0.6) is 5.75 Å². The van der Waals surface area contributed by atoms with Crippen LogP contribution in [-0.4, -0.2) is 29.3 Å². The number of pyridine rings is 1. The lowest BCUT2D eigenvalue weighted by atomic mass is 9.85. The van der Waals surface area contributed by atoms with E-state index in [1.807, 2.05) is 18.2 Å². The molecule has 4 rings (SSSR count). The van der Waals surface area contributed by atoms with Crippen LogP contribution in [-0.2, 0) is 6.42 Å². The number of methoxy groups -OCH3 is 1. The Morgan fingerprint density at radius 1 is 1.09 bits per heavy atom. The second kappa shape index (κ2) is 9.31. The van der Waals surface area contributed by atoms with E-state index in [9.17, 15) is 9.59 Å². The van der Waals surface area contributed by atoms with Gasteiger partial charge in [0.1, 0.15) is 10.9 Å². The standard InChI is InChI=1S/C27H26ClN3O3/c1-16-11-19(12-25(28)29-16)26(33)30-20-8-5-17(6-9-20)24(32)14-23-22-13-21(34-4)10-7-18(22)15-27(2,3)31-23/h5-14,31H,15H2,1-4H3,(H,30,33)/b23-14-. The number of aromatic nitrogens is 1. The number of carbonyl (C=O) groups excluding carboxylic acids is 2. The Hall–Kier alpha value is -3.64. The third-order valence-corrected chi connectivity index (χ3v) is 5.79. The first-order valence-corrected chi connectivity index (χ1v) is 11.3. The van der Waals surface area contributed by atoms with Crippen molar-refractivity contribution in [1.82, 2.24) is 10.3 Å². The van der Waals surface area contributed by atoms with E-state index >= 15 is 0 Å². The van der Waals surface area contributed by atoms with E-state index in [0.717, 1.165) is 29.0 Å². The first kappa shape index (κ1) is 23.5. The van der Waals surface area contributed by atoms with Crippen molar-refractivity contribution in [2.24, 2.45) is 0 Å². The van der Waals surface area contributed by atoms with Gasteiger partial charge in [-0.1, -0.05) is 17.7 Å². The van der Waals surface area contributed by atoms with Crippen molar-refractivity contribution < 1.29 is 14.3 Å². The SMILES string of the molecule is COc1ccc2c(c1)/C(=C/C(=O)c1ccc(NC(=O)c3cc(C)nc(Cl)c3)cc1)NC(C)(C)C2. The monoisotopic (exact) mass is 475 g/mol. The van der Waals surface area contributed by atoms with E-state index in [1.165, 1.54) is 6.07 Å². The number of allylic oxidation sites excluding steroid dienone is 1. The molecule has 2 N–H and O–H groups in total. The summed E-state index contributed by atoms with van der Waals surface area (Å²) in [6, 6.07) is 15.9. The molecule has 0 spiro atoms. The molecule has 7 heteroatoms. The number of hydrogen-bond acceptors (Lipinski definition) is 5. The van der Waals surface area contributed by atoms with Crippen molar-refractivity contribution in [3.63, 3.8) is 0 Å². The number of benzene rings is 2. The molecule has 2 heterocycles. The number of ketones is 1. The third kappa shape index (κ3) is 5.29. The molecule has 0 bridgehead atoms. The van der Waals surface area contributed by atoms with Crippen molar-refractivity contribution in [3.8, 4) is 5.75 Å². The highest BCUT2D eigenvalue weighted by Crippen LogP contribution is 2.32. The summed E-state index contributed by atoms with van der Waals surface area (Å²) in [5, 5.41) is 6.56. The van der Waals surface area contributed by atoms with E-state index in [4.69, 9.17) is 16.3 Å². The quantitative estimate of drug-likeness (QED) is 0.291. The molecule has 0 fully saturated rings. The molecule has 2 aromatic carbocycles. The lowest BCUT2D eigenvalue weighted by Gasteiger charge is -2.35. The topological polar surface area (TPSA) is 80.3 Å². The number of anilines is 1. The predicted octanol–water partition coefficient (Wildman–Crippen LogP) is 5.45. The highest BCUT2D eigenvalue weighted by molar-refractivity contribution is 6.29. The van der Waals surface area contributed by atoms with Gasteiger partial charge in [0.25, 0.3) is 5.91 Å². The average molecular weight is 476 g/mol. The van der Waals surface area contributed by atoms with E-state index in [2.05, 4.69) is 29.5 Å². The van der Waals surface area contributed by atoms with Crippen LogP contribution < -0.4 is 15.4 Å². The van der Waals surface area contributed by atoms with Gasteiger partial charge in [0.15, 0.2) is 5.78 Å². The Morgan fingerprint density at radius 3 is 2.50 bits per heavy atom. The van der Waals surface area contributed by atoms with Crippen LogP contribution in [0.25, 0.3) is 5.70 Å². The Kier molecular flexibility index (Phi) is 6.44. The van der Waals surface area contributed by atoms with Gasteiger partial charge in [-0.3, -0.25) is 9.59 Å². The number of nitrogens with one attached hydrogen (secondary N) is 2. The molecule has 174 valence electrons. The Bertz CT molecular complexity index is 1280.